The van der Waals surface area contributed by atoms with Gasteiger partial charge in [0.2, 0.25) is 0 Å². The fourth-order valence-corrected chi connectivity index (χ4v) is 3.59. The third-order valence-corrected chi connectivity index (χ3v) is 4.72. The number of nitrogens with one attached hydrogen (secondary N) is 2. The summed E-state index contributed by atoms with van der Waals surface area (Å²) in [7, 11) is 1.60. The Hall–Kier alpha value is -2.34. The number of ether oxygens (including phenoxy) is 1. The smallest absolute Gasteiger partial charge is 0.307 e. The van der Waals surface area contributed by atoms with Gasteiger partial charge in [-0.3, -0.25) is 4.79 Å². The second-order valence-corrected chi connectivity index (χ2v) is 6.16. The third-order valence-electron chi connectivity index (χ3n) is 4.72. The van der Waals surface area contributed by atoms with Crippen molar-refractivity contribution in [1.82, 2.24) is 15.6 Å². The van der Waals surface area contributed by atoms with Crippen LogP contribution in [0, 0.1) is 5.92 Å². The maximum absolute atomic E-state index is 12.3. The van der Waals surface area contributed by atoms with Crippen molar-refractivity contribution in [3.8, 4) is 17.1 Å². The first-order valence-electron chi connectivity index (χ1n) is 7.88. The van der Waals surface area contributed by atoms with Crippen LogP contribution in [0.3, 0.4) is 0 Å². The predicted molar refractivity (Wildman–Crippen MR) is 84.3 cm³/mol. The molecule has 3 unspecified atom stereocenters. The Balaban J connectivity index is 1.50. The normalized spacial score (nSPS) is 25.5. The molecule has 1 amide bonds. The van der Waals surface area contributed by atoms with Crippen LogP contribution in [0.1, 0.15) is 23.5 Å². The summed E-state index contributed by atoms with van der Waals surface area (Å²) in [5.74, 6) is 1.73. The van der Waals surface area contributed by atoms with E-state index in [0.717, 1.165) is 24.9 Å². The zero-order valence-electron chi connectivity index (χ0n) is 12.9. The van der Waals surface area contributed by atoms with Crippen LogP contribution in [-0.4, -0.2) is 36.6 Å². The molecule has 1 aromatic heterocycles. The number of fused-ring (bicyclic) bond motifs is 2. The van der Waals surface area contributed by atoms with Crippen LogP contribution in [0.25, 0.3) is 11.3 Å². The van der Waals surface area contributed by atoms with Crippen LogP contribution < -0.4 is 15.4 Å². The molecular weight excluding hydrogens is 294 g/mol. The quantitative estimate of drug-likeness (QED) is 0.900. The number of benzene rings is 1. The van der Waals surface area contributed by atoms with Gasteiger partial charge in [0, 0.05) is 12.1 Å². The number of para-hydroxylation sites is 1. The summed E-state index contributed by atoms with van der Waals surface area (Å²) in [4.78, 5) is 16.5. The summed E-state index contributed by atoms with van der Waals surface area (Å²) in [6, 6.07) is 8.05. The van der Waals surface area contributed by atoms with Gasteiger partial charge in [-0.25, -0.2) is 4.98 Å². The molecule has 1 aliphatic carbocycles. The van der Waals surface area contributed by atoms with Gasteiger partial charge in [-0.15, -0.1) is 0 Å². The summed E-state index contributed by atoms with van der Waals surface area (Å²) in [5, 5.41) is 6.46. The number of piperidine rings is 1. The Morgan fingerprint density at radius 2 is 2.26 bits per heavy atom. The van der Waals surface area contributed by atoms with Crippen LogP contribution in [0.4, 0.5) is 0 Å². The number of carbonyl (C=O) groups is 1. The molecule has 4 rings (SSSR count). The van der Waals surface area contributed by atoms with E-state index in [0.29, 0.717) is 23.5 Å². The number of carbonyl (C=O) groups excluding carboxylic acids is 1. The summed E-state index contributed by atoms with van der Waals surface area (Å²) in [6.45, 7) is 1.06. The Morgan fingerprint density at radius 1 is 1.39 bits per heavy atom. The van der Waals surface area contributed by atoms with Crippen LogP contribution >= 0.6 is 0 Å². The number of oxazole rings is 1. The lowest BCUT2D eigenvalue weighted by Crippen LogP contribution is -2.48. The molecule has 2 aromatic rings. The molecule has 23 heavy (non-hydrogen) atoms. The molecule has 2 bridgehead atoms. The van der Waals surface area contributed by atoms with E-state index in [2.05, 4.69) is 15.6 Å². The van der Waals surface area contributed by atoms with Crippen molar-refractivity contribution in [2.45, 2.75) is 24.9 Å². The molecule has 6 nitrogen and oxygen atoms in total. The molecule has 2 fully saturated rings. The number of rotatable bonds is 4. The first kappa shape index (κ1) is 14.3. The second-order valence-electron chi connectivity index (χ2n) is 6.16. The Kier molecular flexibility index (Phi) is 3.53. The minimum atomic E-state index is -0.259. The van der Waals surface area contributed by atoms with Gasteiger partial charge in [0.1, 0.15) is 5.75 Å². The highest BCUT2D eigenvalue weighted by Gasteiger charge is 2.40. The van der Waals surface area contributed by atoms with E-state index in [-0.39, 0.29) is 17.8 Å². The van der Waals surface area contributed by atoms with Crippen molar-refractivity contribution in [3.05, 3.63) is 36.4 Å². The van der Waals surface area contributed by atoms with Gasteiger partial charge in [-0.1, -0.05) is 12.1 Å². The summed E-state index contributed by atoms with van der Waals surface area (Å²) in [6.07, 6.45) is 3.73. The van der Waals surface area contributed by atoms with Gasteiger partial charge in [-0.2, -0.15) is 0 Å². The van der Waals surface area contributed by atoms with Gasteiger partial charge < -0.3 is 19.8 Å². The van der Waals surface area contributed by atoms with Gasteiger partial charge in [0.15, 0.2) is 5.76 Å². The molecule has 1 saturated heterocycles. The summed E-state index contributed by atoms with van der Waals surface area (Å²) in [5.41, 5.74) is 0.781. The highest BCUT2D eigenvalue weighted by Crippen LogP contribution is 2.32. The molecular formula is C17H19N3O3. The zero-order valence-corrected chi connectivity index (χ0v) is 12.9. The van der Waals surface area contributed by atoms with Gasteiger partial charge >= 0.3 is 5.91 Å². The van der Waals surface area contributed by atoms with E-state index in [1.165, 1.54) is 0 Å². The molecule has 120 valence electrons. The van der Waals surface area contributed by atoms with Crippen molar-refractivity contribution in [1.29, 1.82) is 0 Å². The van der Waals surface area contributed by atoms with E-state index in [4.69, 9.17) is 9.15 Å². The Labute approximate surface area is 134 Å². The molecule has 0 spiro atoms. The summed E-state index contributed by atoms with van der Waals surface area (Å²) >= 11 is 0. The number of nitrogens with zero attached hydrogens (tertiary/aromatic N) is 1. The average molecular weight is 313 g/mol. The maximum Gasteiger partial charge on any atom is 0.307 e. The topological polar surface area (TPSA) is 76.4 Å². The maximum atomic E-state index is 12.3. The first-order valence-corrected chi connectivity index (χ1v) is 7.88. The zero-order chi connectivity index (χ0) is 15.8. The molecule has 2 aliphatic rings. The largest absolute Gasteiger partial charge is 0.496 e. The number of amides is 1. The van der Waals surface area contributed by atoms with Crippen LogP contribution in [0.5, 0.6) is 5.75 Å². The molecule has 0 radical (unpaired) electrons. The second kappa shape index (κ2) is 5.70. The SMILES string of the molecule is COc1ccccc1-c1cnc(C(=O)NC2CC3CNC2C3)o1. The standard InChI is InChI=1S/C17H19N3O3/c1-22-14-5-3-2-4-11(14)15-9-19-17(23-15)16(21)20-13-7-10-6-12(13)18-8-10/h2-5,9-10,12-13,18H,6-8H2,1H3,(H,20,21). The predicted octanol–water partition coefficient (Wildman–Crippen LogP) is 1.83. The van der Waals surface area contributed by atoms with E-state index >= 15 is 0 Å². The van der Waals surface area contributed by atoms with E-state index in [1.807, 2.05) is 24.3 Å². The monoisotopic (exact) mass is 313 g/mol. The van der Waals surface area contributed by atoms with Crippen molar-refractivity contribution < 1.29 is 13.9 Å². The van der Waals surface area contributed by atoms with E-state index < -0.39 is 0 Å². The number of hydrogen-bond acceptors (Lipinski definition) is 5. The molecule has 3 atom stereocenters. The van der Waals surface area contributed by atoms with Crippen LogP contribution in [-0.2, 0) is 0 Å². The van der Waals surface area contributed by atoms with E-state index in [9.17, 15) is 4.79 Å². The highest BCUT2D eigenvalue weighted by atomic mass is 16.5. The minimum absolute atomic E-state index is 0.0914. The molecule has 1 saturated carbocycles. The number of aromatic nitrogens is 1. The summed E-state index contributed by atoms with van der Waals surface area (Å²) < 4.78 is 11.0. The highest BCUT2D eigenvalue weighted by molar-refractivity contribution is 5.90. The third kappa shape index (κ3) is 2.59. The Morgan fingerprint density at radius 3 is 3.00 bits per heavy atom. The van der Waals surface area contributed by atoms with E-state index in [1.54, 1.807) is 13.3 Å². The average Bonchev–Trinajstić information content (AvgIpc) is 3.31. The van der Waals surface area contributed by atoms with Gasteiger partial charge in [0.25, 0.3) is 5.89 Å². The lowest BCUT2D eigenvalue weighted by atomic mass is 10.1. The molecule has 6 heteroatoms. The molecule has 1 aromatic carbocycles. The van der Waals surface area contributed by atoms with Crippen LogP contribution in [0.2, 0.25) is 0 Å². The Bertz CT molecular complexity index is 727. The van der Waals surface area contributed by atoms with Crippen molar-refractivity contribution in [3.63, 3.8) is 0 Å². The lowest BCUT2D eigenvalue weighted by molar-refractivity contribution is 0.0894. The fourth-order valence-electron chi connectivity index (χ4n) is 3.59. The van der Waals surface area contributed by atoms with Crippen molar-refractivity contribution in [2.24, 2.45) is 5.92 Å². The van der Waals surface area contributed by atoms with Crippen molar-refractivity contribution >= 4 is 5.91 Å². The van der Waals surface area contributed by atoms with Gasteiger partial charge in [0.05, 0.1) is 18.9 Å². The lowest BCUT2D eigenvalue weighted by Gasteiger charge is -2.23. The first-order chi connectivity index (χ1) is 11.2. The fraction of sp³-hybridized carbons (Fsp3) is 0.412. The number of hydrogen-bond donors (Lipinski definition) is 2. The molecule has 2 N–H and O–H groups in total. The van der Waals surface area contributed by atoms with Crippen LogP contribution in [0.15, 0.2) is 34.9 Å². The minimum Gasteiger partial charge on any atom is -0.496 e. The molecule has 1 aliphatic heterocycles. The molecule has 2 heterocycles. The van der Waals surface area contributed by atoms with Crippen molar-refractivity contribution in [2.75, 3.05) is 13.7 Å². The number of methoxy groups -OCH3 is 1. The van der Waals surface area contributed by atoms with Gasteiger partial charge in [-0.05, 0) is 37.4 Å².